The van der Waals surface area contributed by atoms with Crippen LogP contribution in [0.4, 0.5) is 0 Å². The lowest BCUT2D eigenvalue weighted by atomic mass is 9.89. The second-order valence-electron chi connectivity index (χ2n) is 12.4. The van der Waals surface area contributed by atoms with Crippen molar-refractivity contribution in [3.8, 4) is 0 Å². The number of aliphatic hydroxyl groups is 1. The van der Waals surface area contributed by atoms with E-state index in [0.29, 0.717) is 25.1 Å². The fraction of sp³-hybridized carbons (Fsp3) is 0.531. The lowest BCUT2D eigenvalue weighted by Crippen LogP contribution is -2.61. The predicted octanol–water partition coefficient (Wildman–Crippen LogP) is 4.38. The lowest BCUT2D eigenvalue weighted by molar-refractivity contribution is -0.152. The van der Waals surface area contributed by atoms with Gasteiger partial charge in [0.25, 0.3) is 5.91 Å². The highest BCUT2D eigenvalue weighted by atomic mass is 35.6. The number of nitrogens with zero attached hydrogens (tertiary/aromatic N) is 2. The van der Waals surface area contributed by atoms with Crippen molar-refractivity contribution in [2.75, 3.05) is 13.2 Å². The highest BCUT2D eigenvalue weighted by molar-refractivity contribution is 6.67. The van der Waals surface area contributed by atoms with Gasteiger partial charge in [0.2, 0.25) is 15.6 Å². The minimum absolute atomic E-state index is 0.284. The van der Waals surface area contributed by atoms with Gasteiger partial charge in [-0.15, -0.1) is 0 Å². The van der Waals surface area contributed by atoms with Crippen LogP contribution in [0.1, 0.15) is 71.7 Å². The normalized spacial score (nSPS) is 17.9. The molecular formula is C32H42Cl3N5O6. The van der Waals surface area contributed by atoms with E-state index in [1.54, 1.807) is 46.9 Å². The van der Waals surface area contributed by atoms with E-state index in [1.807, 2.05) is 30.3 Å². The molecule has 1 fully saturated rings. The molecule has 1 aromatic heterocycles. The molecule has 4 N–H and O–H groups in total. The van der Waals surface area contributed by atoms with Crippen LogP contribution in [0, 0.1) is 11.3 Å². The molecule has 0 radical (unpaired) electrons. The monoisotopic (exact) mass is 697 g/mol. The number of hydrogen-bond acceptors (Lipinski definition) is 8. The molecule has 14 heteroatoms. The maximum atomic E-state index is 13.4. The summed E-state index contributed by atoms with van der Waals surface area (Å²) >= 11 is 17.0. The van der Waals surface area contributed by atoms with E-state index in [0.717, 1.165) is 16.3 Å². The molecule has 2 aromatic rings. The van der Waals surface area contributed by atoms with E-state index in [2.05, 4.69) is 21.0 Å². The second-order valence-corrected chi connectivity index (χ2v) is 14.9. The van der Waals surface area contributed by atoms with Crippen LogP contribution < -0.4 is 16.1 Å². The first-order valence-corrected chi connectivity index (χ1v) is 16.2. The first-order valence-electron chi connectivity index (χ1n) is 15.1. The zero-order chi connectivity index (χ0) is 34.4. The highest BCUT2D eigenvalue weighted by Gasteiger charge is 2.35. The Hall–Kier alpha value is -2.96. The molecule has 1 aliphatic heterocycles. The molecule has 0 saturated carbocycles. The van der Waals surface area contributed by atoms with E-state index in [9.17, 15) is 24.3 Å². The lowest BCUT2D eigenvalue weighted by Gasteiger charge is -2.35. The molecule has 1 aliphatic rings. The zero-order valence-corrected chi connectivity index (χ0v) is 29.0. The molecule has 4 atom stereocenters. The van der Waals surface area contributed by atoms with E-state index in [-0.39, 0.29) is 11.8 Å². The number of rotatable bonds is 11. The van der Waals surface area contributed by atoms with Gasteiger partial charge in [-0.3, -0.25) is 29.2 Å². The van der Waals surface area contributed by atoms with Crippen molar-refractivity contribution in [2.45, 2.75) is 82.4 Å². The average molecular weight is 699 g/mol. The minimum atomic E-state index is -1.76. The molecule has 252 valence electrons. The molecular weight excluding hydrogens is 657 g/mol. The average Bonchev–Trinajstić information content (AvgIpc) is 2.99. The van der Waals surface area contributed by atoms with Crippen LogP contribution in [0.2, 0.25) is 0 Å². The highest BCUT2D eigenvalue weighted by Crippen LogP contribution is 2.27. The Morgan fingerprint density at radius 3 is 2.43 bits per heavy atom. The van der Waals surface area contributed by atoms with Gasteiger partial charge in [-0.2, -0.15) is 0 Å². The maximum absolute atomic E-state index is 13.4. The Balaban J connectivity index is 1.62. The summed E-state index contributed by atoms with van der Waals surface area (Å²) in [5, 5.41) is 18.5. The number of alkyl halides is 3. The molecule has 1 unspecified atom stereocenters. The third-order valence-electron chi connectivity index (χ3n) is 7.55. The molecule has 1 saturated heterocycles. The van der Waals surface area contributed by atoms with Crippen molar-refractivity contribution >= 4 is 75.3 Å². The number of nitrogens with one attached hydrogen (secondary N) is 3. The number of esters is 1. The first kappa shape index (κ1) is 37.5. The van der Waals surface area contributed by atoms with Crippen LogP contribution in [0.5, 0.6) is 0 Å². The summed E-state index contributed by atoms with van der Waals surface area (Å²) in [7, 11) is 0. The number of halogens is 3. The molecule has 46 heavy (non-hydrogen) atoms. The van der Waals surface area contributed by atoms with Crippen LogP contribution >= 0.6 is 34.8 Å². The van der Waals surface area contributed by atoms with Crippen LogP contribution in [0.25, 0.3) is 16.8 Å². The van der Waals surface area contributed by atoms with Crippen molar-refractivity contribution in [3.05, 3.63) is 47.8 Å². The van der Waals surface area contributed by atoms with Gasteiger partial charge in [0.05, 0.1) is 17.2 Å². The van der Waals surface area contributed by atoms with Gasteiger partial charge in [0, 0.05) is 18.1 Å². The molecule has 3 rings (SSSR count). The van der Waals surface area contributed by atoms with Crippen molar-refractivity contribution < 1.29 is 29.0 Å². The predicted molar refractivity (Wildman–Crippen MR) is 179 cm³/mol. The number of carbonyl (C=O) groups is 4. The third-order valence-corrected chi connectivity index (χ3v) is 7.88. The summed E-state index contributed by atoms with van der Waals surface area (Å²) in [5.41, 5.74) is 3.27. The van der Waals surface area contributed by atoms with Crippen molar-refractivity contribution in [2.24, 2.45) is 11.3 Å². The number of hydrogen-bond donors (Lipinski definition) is 4. The van der Waals surface area contributed by atoms with E-state index in [4.69, 9.17) is 39.5 Å². The van der Waals surface area contributed by atoms with Crippen molar-refractivity contribution in [3.63, 3.8) is 0 Å². The smallest absolute Gasteiger partial charge is 0.325 e. The van der Waals surface area contributed by atoms with Gasteiger partial charge in [0.15, 0.2) is 0 Å². The number of amides is 3. The number of pyridine rings is 1. The minimum Gasteiger partial charge on any atom is -0.460 e. The fourth-order valence-electron chi connectivity index (χ4n) is 4.72. The molecule has 0 bridgehead atoms. The Bertz CT molecular complexity index is 1460. The summed E-state index contributed by atoms with van der Waals surface area (Å²) in [5.74, 6) is -2.30. The number of aliphatic hydroxyl groups excluding tert-OH is 1. The van der Waals surface area contributed by atoms with E-state index < -0.39 is 57.8 Å². The largest absolute Gasteiger partial charge is 0.460 e. The Morgan fingerprint density at radius 2 is 1.80 bits per heavy atom. The van der Waals surface area contributed by atoms with Crippen LogP contribution in [0.3, 0.4) is 0 Å². The number of benzene rings is 1. The molecule has 11 nitrogen and oxygen atoms in total. The zero-order valence-electron chi connectivity index (χ0n) is 26.8. The van der Waals surface area contributed by atoms with E-state index >= 15 is 0 Å². The number of hydrazine groups is 1. The number of ether oxygens (including phenoxy) is 1. The second kappa shape index (κ2) is 15.8. The summed E-state index contributed by atoms with van der Waals surface area (Å²) in [6, 6.07) is 4.91. The Labute approximate surface area is 284 Å². The fourth-order valence-corrected chi connectivity index (χ4v) is 4.88. The standard InChI is InChI=1S/C32H42Cl3N5O6/c1-18(2)26(27(42)37-19(3)28(43)40-13-7-8-24(39-40)29(44)46-17-32(33,34)35)38-30(45)31(5,6)12-11-21-9-10-22-16-36-25(20(4)41)15-23(22)14-21/h9-12,14-16,18-20,24,26,39,41H,7-8,13,17H2,1-6H3,(H,37,42)(H,38,45)/b12-11+/t19-,20+,24?,26-/m0/s1. The van der Waals surface area contributed by atoms with Gasteiger partial charge >= 0.3 is 5.97 Å². The summed E-state index contributed by atoms with van der Waals surface area (Å²) < 4.78 is 3.27. The SMILES string of the molecule is CC(C)[C@H](NC(=O)C(C)(C)/C=C/c1ccc2cnc([C@@H](C)O)cc2c1)C(=O)N[C@@H](C)C(=O)N1CCCC(C(=O)OCC(Cl)(Cl)Cl)N1. The molecule has 2 heterocycles. The van der Waals surface area contributed by atoms with Crippen LogP contribution in [0.15, 0.2) is 36.5 Å². The van der Waals surface area contributed by atoms with Crippen LogP contribution in [-0.2, 0) is 23.9 Å². The first-order chi connectivity index (χ1) is 21.4. The molecule has 3 amide bonds. The van der Waals surface area contributed by atoms with Gasteiger partial charge in [-0.1, -0.05) is 72.9 Å². The summed E-state index contributed by atoms with van der Waals surface area (Å²) in [6.45, 7) is 10.1. The summed E-state index contributed by atoms with van der Waals surface area (Å²) in [4.78, 5) is 56.5. The quantitative estimate of drug-likeness (QED) is 0.200. The number of carbonyl (C=O) groups excluding carboxylic acids is 4. The molecule has 0 spiro atoms. The van der Waals surface area contributed by atoms with Gasteiger partial charge in [-0.25, -0.2) is 5.43 Å². The van der Waals surface area contributed by atoms with Gasteiger partial charge in [0.1, 0.15) is 24.7 Å². The van der Waals surface area contributed by atoms with Crippen molar-refractivity contribution in [1.29, 1.82) is 0 Å². The van der Waals surface area contributed by atoms with E-state index in [1.165, 1.54) is 11.9 Å². The molecule has 1 aromatic carbocycles. The number of fused-ring (bicyclic) bond motifs is 1. The van der Waals surface area contributed by atoms with Crippen molar-refractivity contribution in [1.82, 2.24) is 26.1 Å². The topological polar surface area (TPSA) is 150 Å². The number of aromatic nitrogens is 1. The summed E-state index contributed by atoms with van der Waals surface area (Å²) in [6.07, 6.45) is 5.54. The molecule has 0 aliphatic carbocycles. The maximum Gasteiger partial charge on any atom is 0.325 e. The Morgan fingerprint density at radius 1 is 1.11 bits per heavy atom. The van der Waals surface area contributed by atoms with Gasteiger partial charge in [-0.05, 0) is 69.5 Å². The van der Waals surface area contributed by atoms with Crippen LogP contribution in [-0.4, -0.2) is 73.9 Å². The third kappa shape index (κ3) is 10.5. The van der Waals surface area contributed by atoms with Gasteiger partial charge < -0.3 is 20.5 Å². The Kier molecular flexibility index (Phi) is 12.8.